The summed E-state index contributed by atoms with van der Waals surface area (Å²) in [6, 6.07) is 0.650. The van der Waals surface area contributed by atoms with Crippen LogP contribution in [0.4, 0.5) is 0 Å². The van der Waals surface area contributed by atoms with E-state index in [-0.39, 0.29) is 5.54 Å². The van der Waals surface area contributed by atoms with Crippen molar-refractivity contribution in [2.45, 2.75) is 76.9 Å². The molecule has 0 aliphatic heterocycles. The highest BCUT2D eigenvalue weighted by molar-refractivity contribution is 4.98. The van der Waals surface area contributed by atoms with Gasteiger partial charge in [-0.1, -0.05) is 13.3 Å². The second-order valence-electron chi connectivity index (χ2n) is 7.96. The first-order chi connectivity index (χ1) is 9.20. The highest BCUT2D eigenvalue weighted by Crippen LogP contribution is 2.37. The summed E-state index contributed by atoms with van der Waals surface area (Å²) in [7, 11) is 6.80. The fourth-order valence-corrected chi connectivity index (χ4v) is 3.16. The summed E-state index contributed by atoms with van der Waals surface area (Å²) in [6.45, 7) is 11.4. The Labute approximate surface area is 127 Å². The summed E-state index contributed by atoms with van der Waals surface area (Å²) in [5.74, 6) is 0. The molecule has 0 aromatic rings. The van der Waals surface area contributed by atoms with Gasteiger partial charge >= 0.3 is 0 Å². The van der Waals surface area contributed by atoms with Crippen LogP contribution in [0, 0.1) is 0 Å². The van der Waals surface area contributed by atoms with Crippen molar-refractivity contribution in [2.75, 3.05) is 34.2 Å². The smallest absolute Gasteiger partial charge is 0.0330 e. The largest absolute Gasteiger partial charge is 0.311 e. The van der Waals surface area contributed by atoms with Gasteiger partial charge in [0, 0.05) is 30.2 Å². The Bertz CT molecular complexity index is 276. The Kier molecular flexibility index (Phi) is 6.49. The van der Waals surface area contributed by atoms with E-state index in [0.29, 0.717) is 11.6 Å². The predicted molar refractivity (Wildman–Crippen MR) is 89.4 cm³/mol. The van der Waals surface area contributed by atoms with E-state index in [1.165, 1.54) is 38.6 Å². The zero-order chi connectivity index (χ0) is 15.4. The summed E-state index contributed by atoms with van der Waals surface area (Å²) in [5.41, 5.74) is 0.644. The van der Waals surface area contributed by atoms with Gasteiger partial charge in [-0.05, 0) is 67.6 Å². The molecule has 3 nitrogen and oxygen atoms in total. The van der Waals surface area contributed by atoms with Crippen LogP contribution in [-0.4, -0.2) is 61.2 Å². The molecular formula is C17H37N3. The molecule has 0 bridgehead atoms. The standard InChI is InChI=1S/C17H37N3/c1-8-10-15(13-18-16(2,3)4)20(7)14-17(19(5)6)11-9-12-17/h15,18H,8-14H2,1-7H3. The molecule has 1 unspecified atom stereocenters. The van der Waals surface area contributed by atoms with Gasteiger partial charge in [-0.2, -0.15) is 0 Å². The zero-order valence-corrected chi connectivity index (χ0v) is 14.9. The van der Waals surface area contributed by atoms with Gasteiger partial charge in [-0.3, -0.25) is 0 Å². The third kappa shape index (κ3) is 5.01. The van der Waals surface area contributed by atoms with Crippen LogP contribution in [0.15, 0.2) is 0 Å². The molecule has 0 amide bonds. The molecule has 1 rings (SSSR count). The van der Waals surface area contributed by atoms with E-state index in [1.54, 1.807) is 0 Å². The van der Waals surface area contributed by atoms with Crippen molar-refractivity contribution in [3.63, 3.8) is 0 Å². The lowest BCUT2D eigenvalue weighted by Gasteiger charge is -2.50. The molecule has 0 radical (unpaired) electrons. The van der Waals surface area contributed by atoms with Crippen molar-refractivity contribution < 1.29 is 0 Å². The van der Waals surface area contributed by atoms with Crippen LogP contribution in [0.2, 0.25) is 0 Å². The first-order valence-corrected chi connectivity index (χ1v) is 8.33. The van der Waals surface area contributed by atoms with Crippen molar-refractivity contribution in [3.8, 4) is 0 Å². The average Bonchev–Trinajstić information content (AvgIpc) is 2.27. The first kappa shape index (κ1) is 17.9. The van der Waals surface area contributed by atoms with Gasteiger partial charge in [-0.15, -0.1) is 0 Å². The zero-order valence-electron chi connectivity index (χ0n) is 14.9. The first-order valence-electron chi connectivity index (χ1n) is 8.33. The fourth-order valence-electron chi connectivity index (χ4n) is 3.16. The van der Waals surface area contributed by atoms with E-state index in [2.05, 4.69) is 64.0 Å². The Morgan fingerprint density at radius 2 is 1.75 bits per heavy atom. The lowest BCUT2D eigenvalue weighted by molar-refractivity contribution is 0.0142. The maximum atomic E-state index is 3.68. The lowest BCUT2D eigenvalue weighted by atomic mass is 9.75. The third-order valence-corrected chi connectivity index (χ3v) is 4.89. The van der Waals surface area contributed by atoms with Gasteiger partial charge in [-0.25, -0.2) is 0 Å². The number of likely N-dealkylation sites (N-methyl/N-ethyl adjacent to an activating group) is 2. The van der Waals surface area contributed by atoms with Gasteiger partial charge in [0.15, 0.2) is 0 Å². The monoisotopic (exact) mass is 283 g/mol. The molecule has 0 aromatic carbocycles. The topological polar surface area (TPSA) is 18.5 Å². The van der Waals surface area contributed by atoms with Crippen molar-refractivity contribution in [2.24, 2.45) is 0 Å². The number of hydrogen-bond donors (Lipinski definition) is 1. The molecule has 0 saturated heterocycles. The summed E-state index contributed by atoms with van der Waals surface area (Å²) in [4.78, 5) is 5.05. The van der Waals surface area contributed by atoms with E-state index in [4.69, 9.17) is 0 Å². The van der Waals surface area contributed by atoms with Gasteiger partial charge < -0.3 is 15.1 Å². The summed E-state index contributed by atoms with van der Waals surface area (Å²) >= 11 is 0. The van der Waals surface area contributed by atoms with Gasteiger partial charge in [0.05, 0.1) is 0 Å². The van der Waals surface area contributed by atoms with Crippen LogP contribution in [0.1, 0.15) is 59.8 Å². The predicted octanol–water partition coefficient (Wildman–Crippen LogP) is 2.96. The van der Waals surface area contributed by atoms with Gasteiger partial charge in [0.1, 0.15) is 0 Å². The normalized spacial score (nSPS) is 20.2. The highest BCUT2D eigenvalue weighted by atomic mass is 15.2. The Hall–Kier alpha value is -0.120. The third-order valence-electron chi connectivity index (χ3n) is 4.89. The van der Waals surface area contributed by atoms with Gasteiger partial charge in [0.2, 0.25) is 0 Å². The SMILES string of the molecule is CCCC(CNC(C)(C)C)N(C)CC1(N(C)C)CCC1. The minimum Gasteiger partial charge on any atom is -0.311 e. The molecule has 0 aromatic heterocycles. The van der Waals surface area contributed by atoms with Crippen LogP contribution >= 0.6 is 0 Å². The average molecular weight is 284 g/mol. The number of nitrogens with zero attached hydrogens (tertiary/aromatic N) is 2. The molecule has 20 heavy (non-hydrogen) atoms. The molecule has 1 saturated carbocycles. The van der Waals surface area contributed by atoms with Crippen LogP contribution in [-0.2, 0) is 0 Å². The second-order valence-corrected chi connectivity index (χ2v) is 7.96. The molecule has 1 aliphatic rings. The summed E-state index contributed by atoms with van der Waals surface area (Å²) < 4.78 is 0. The summed E-state index contributed by atoms with van der Waals surface area (Å²) in [6.07, 6.45) is 6.65. The Morgan fingerprint density at radius 1 is 1.15 bits per heavy atom. The van der Waals surface area contributed by atoms with Crippen LogP contribution < -0.4 is 5.32 Å². The number of hydrogen-bond acceptors (Lipinski definition) is 3. The molecule has 0 spiro atoms. The molecule has 1 aliphatic carbocycles. The van der Waals surface area contributed by atoms with E-state index in [9.17, 15) is 0 Å². The van der Waals surface area contributed by atoms with Crippen molar-refractivity contribution in [1.82, 2.24) is 15.1 Å². The lowest BCUT2D eigenvalue weighted by Crippen LogP contribution is -2.59. The molecular weight excluding hydrogens is 246 g/mol. The highest BCUT2D eigenvalue weighted by Gasteiger charge is 2.40. The number of rotatable bonds is 8. The Balaban J connectivity index is 2.57. The Morgan fingerprint density at radius 3 is 2.10 bits per heavy atom. The maximum absolute atomic E-state index is 3.68. The maximum Gasteiger partial charge on any atom is 0.0330 e. The molecule has 1 atom stereocenters. The van der Waals surface area contributed by atoms with E-state index >= 15 is 0 Å². The molecule has 120 valence electrons. The minimum atomic E-state index is 0.211. The molecule has 1 N–H and O–H groups in total. The van der Waals surface area contributed by atoms with Crippen LogP contribution in [0.3, 0.4) is 0 Å². The van der Waals surface area contributed by atoms with Crippen LogP contribution in [0.25, 0.3) is 0 Å². The van der Waals surface area contributed by atoms with E-state index in [1.807, 2.05) is 0 Å². The molecule has 3 heteroatoms. The second kappa shape index (κ2) is 7.24. The van der Waals surface area contributed by atoms with Crippen molar-refractivity contribution in [1.29, 1.82) is 0 Å². The fraction of sp³-hybridized carbons (Fsp3) is 1.00. The van der Waals surface area contributed by atoms with E-state index < -0.39 is 0 Å². The van der Waals surface area contributed by atoms with Crippen molar-refractivity contribution in [3.05, 3.63) is 0 Å². The van der Waals surface area contributed by atoms with Crippen molar-refractivity contribution >= 4 is 0 Å². The van der Waals surface area contributed by atoms with E-state index in [0.717, 1.165) is 6.54 Å². The quantitative estimate of drug-likeness (QED) is 0.739. The van der Waals surface area contributed by atoms with Crippen LogP contribution in [0.5, 0.6) is 0 Å². The molecule has 1 fully saturated rings. The minimum absolute atomic E-state index is 0.211. The molecule has 0 heterocycles. The number of nitrogens with one attached hydrogen (secondary N) is 1. The summed E-state index contributed by atoms with van der Waals surface area (Å²) in [5, 5.41) is 3.68. The van der Waals surface area contributed by atoms with Gasteiger partial charge in [0.25, 0.3) is 0 Å².